The molecule has 9 heavy (non-hydrogen) atoms. The highest BCUT2D eigenvalue weighted by atomic mass is 19.3. The van der Waals surface area contributed by atoms with Gasteiger partial charge in [0.05, 0.1) is 6.54 Å². The molecule has 0 heterocycles. The molecule has 0 fully saturated rings. The topological polar surface area (TPSA) is 26.0 Å². The Labute approximate surface area is 52.0 Å². The molecular weight excluding hydrogens is 131 g/mol. The SMILES string of the molecule is CC(C)(F)C(F)(F)CN. The van der Waals surface area contributed by atoms with Crippen molar-refractivity contribution < 1.29 is 13.2 Å². The van der Waals surface area contributed by atoms with Gasteiger partial charge >= 0.3 is 0 Å². The van der Waals surface area contributed by atoms with Gasteiger partial charge in [-0.3, -0.25) is 0 Å². The summed E-state index contributed by atoms with van der Waals surface area (Å²) in [7, 11) is 0. The van der Waals surface area contributed by atoms with Gasteiger partial charge in [-0.2, -0.15) is 0 Å². The van der Waals surface area contributed by atoms with Crippen LogP contribution in [0.4, 0.5) is 13.2 Å². The average molecular weight is 141 g/mol. The van der Waals surface area contributed by atoms with Gasteiger partial charge in [0.2, 0.25) is 0 Å². The minimum Gasteiger partial charge on any atom is -0.325 e. The third kappa shape index (κ3) is 1.86. The first-order valence-corrected chi connectivity index (χ1v) is 2.58. The molecular formula is C5H10F3N. The fraction of sp³-hybridized carbons (Fsp3) is 1.00. The maximum Gasteiger partial charge on any atom is 0.292 e. The van der Waals surface area contributed by atoms with Crippen LogP contribution in [0.3, 0.4) is 0 Å². The van der Waals surface area contributed by atoms with E-state index in [0.717, 1.165) is 13.8 Å². The van der Waals surface area contributed by atoms with Crippen LogP contribution in [0, 0.1) is 0 Å². The summed E-state index contributed by atoms with van der Waals surface area (Å²) in [5.74, 6) is -3.41. The third-order valence-corrected chi connectivity index (χ3v) is 1.13. The fourth-order valence-corrected chi connectivity index (χ4v) is 0.243. The minimum absolute atomic E-state index is 0.805. The molecule has 1 nitrogen and oxygen atoms in total. The second-order valence-corrected chi connectivity index (χ2v) is 2.38. The summed E-state index contributed by atoms with van der Waals surface area (Å²) in [5, 5.41) is 0. The Bertz CT molecular complexity index is 94.9. The van der Waals surface area contributed by atoms with Crippen LogP contribution in [0.15, 0.2) is 0 Å². The monoisotopic (exact) mass is 141 g/mol. The van der Waals surface area contributed by atoms with E-state index >= 15 is 0 Å². The average Bonchev–Trinajstić information content (AvgIpc) is 1.64. The molecule has 0 aromatic heterocycles. The largest absolute Gasteiger partial charge is 0.325 e. The van der Waals surface area contributed by atoms with Gasteiger partial charge in [0.15, 0.2) is 5.67 Å². The first-order valence-electron chi connectivity index (χ1n) is 2.58. The number of nitrogens with two attached hydrogens (primary N) is 1. The van der Waals surface area contributed by atoms with Crippen LogP contribution in [0.25, 0.3) is 0 Å². The Hall–Kier alpha value is -0.250. The highest BCUT2D eigenvalue weighted by molar-refractivity contribution is 4.85. The number of hydrogen-bond acceptors (Lipinski definition) is 1. The standard InChI is InChI=1S/C5H10F3N/c1-4(2,6)5(7,8)3-9/h3,9H2,1-2H3. The van der Waals surface area contributed by atoms with Crippen LogP contribution >= 0.6 is 0 Å². The molecule has 56 valence electrons. The molecule has 0 saturated heterocycles. The van der Waals surface area contributed by atoms with Gasteiger partial charge in [0, 0.05) is 0 Å². The van der Waals surface area contributed by atoms with Crippen molar-refractivity contribution in [3.05, 3.63) is 0 Å². The Morgan fingerprint density at radius 1 is 1.22 bits per heavy atom. The van der Waals surface area contributed by atoms with Crippen LogP contribution in [0.2, 0.25) is 0 Å². The van der Waals surface area contributed by atoms with Gasteiger partial charge in [0.25, 0.3) is 5.92 Å². The summed E-state index contributed by atoms with van der Waals surface area (Å²) < 4.78 is 36.7. The third-order valence-electron chi connectivity index (χ3n) is 1.13. The molecule has 0 spiro atoms. The van der Waals surface area contributed by atoms with E-state index in [0.29, 0.717) is 0 Å². The summed E-state index contributed by atoms with van der Waals surface area (Å²) in [4.78, 5) is 0. The Morgan fingerprint density at radius 3 is 1.56 bits per heavy atom. The molecule has 0 radical (unpaired) electrons. The van der Waals surface area contributed by atoms with E-state index in [1.807, 2.05) is 0 Å². The Balaban J connectivity index is 4.14. The van der Waals surface area contributed by atoms with Gasteiger partial charge in [-0.25, -0.2) is 13.2 Å². The van der Waals surface area contributed by atoms with E-state index in [2.05, 4.69) is 5.73 Å². The molecule has 0 aromatic rings. The van der Waals surface area contributed by atoms with Crippen molar-refractivity contribution >= 4 is 0 Å². The van der Waals surface area contributed by atoms with Gasteiger partial charge in [0.1, 0.15) is 0 Å². The van der Waals surface area contributed by atoms with Gasteiger partial charge in [-0.1, -0.05) is 0 Å². The summed E-state index contributed by atoms with van der Waals surface area (Å²) >= 11 is 0. The maximum absolute atomic E-state index is 12.3. The summed E-state index contributed by atoms with van der Waals surface area (Å²) in [5.41, 5.74) is 2.09. The molecule has 0 amide bonds. The van der Waals surface area contributed by atoms with Crippen LogP contribution in [0.5, 0.6) is 0 Å². The van der Waals surface area contributed by atoms with Crippen LogP contribution in [0.1, 0.15) is 13.8 Å². The highest BCUT2D eigenvalue weighted by Crippen LogP contribution is 2.30. The summed E-state index contributed by atoms with van der Waals surface area (Å²) in [6.07, 6.45) is 0. The normalized spacial score (nSPS) is 14.0. The van der Waals surface area contributed by atoms with E-state index in [1.165, 1.54) is 0 Å². The predicted molar refractivity (Wildman–Crippen MR) is 29.2 cm³/mol. The lowest BCUT2D eigenvalue weighted by atomic mass is 10.0. The smallest absolute Gasteiger partial charge is 0.292 e. The first-order chi connectivity index (χ1) is 3.81. The molecule has 0 bridgehead atoms. The minimum atomic E-state index is -3.41. The second-order valence-electron chi connectivity index (χ2n) is 2.38. The number of hydrogen-bond donors (Lipinski definition) is 1. The maximum atomic E-state index is 12.3. The lowest BCUT2D eigenvalue weighted by Gasteiger charge is -2.24. The predicted octanol–water partition coefficient (Wildman–Crippen LogP) is 1.33. The van der Waals surface area contributed by atoms with Crippen molar-refractivity contribution in [1.82, 2.24) is 0 Å². The lowest BCUT2D eigenvalue weighted by Crippen LogP contribution is -2.44. The van der Waals surface area contributed by atoms with Crippen molar-refractivity contribution in [2.24, 2.45) is 5.73 Å². The fourth-order valence-electron chi connectivity index (χ4n) is 0.243. The van der Waals surface area contributed by atoms with Gasteiger partial charge in [-0.15, -0.1) is 0 Å². The molecule has 0 unspecified atom stereocenters. The van der Waals surface area contributed by atoms with E-state index < -0.39 is 18.1 Å². The van der Waals surface area contributed by atoms with Crippen LogP contribution in [-0.2, 0) is 0 Å². The van der Waals surface area contributed by atoms with Crippen LogP contribution < -0.4 is 5.73 Å². The molecule has 0 rings (SSSR count). The molecule has 0 aliphatic heterocycles. The van der Waals surface area contributed by atoms with Gasteiger partial charge < -0.3 is 5.73 Å². The molecule has 0 aliphatic rings. The van der Waals surface area contributed by atoms with Crippen molar-refractivity contribution in [2.75, 3.05) is 6.54 Å². The van der Waals surface area contributed by atoms with Crippen molar-refractivity contribution in [3.8, 4) is 0 Å². The zero-order valence-corrected chi connectivity index (χ0v) is 5.42. The van der Waals surface area contributed by atoms with Crippen molar-refractivity contribution in [2.45, 2.75) is 25.4 Å². The van der Waals surface area contributed by atoms with Crippen LogP contribution in [-0.4, -0.2) is 18.1 Å². The first kappa shape index (κ1) is 8.75. The van der Waals surface area contributed by atoms with Crippen molar-refractivity contribution in [3.63, 3.8) is 0 Å². The van der Waals surface area contributed by atoms with Crippen molar-refractivity contribution in [1.29, 1.82) is 0 Å². The molecule has 0 aliphatic carbocycles. The highest BCUT2D eigenvalue weighted by Gasteiger charge is 2.45. The van der Waals surface area contributed by atoms with E-state index in [4.69, 9.17) is 0 Å². The second kappa shape index (κ2) is 2.17. The van der Waals surface area contributed by atoms with Gasteiger partial charge in [-0.05, 0) is 13.8 Å². The Kier molecular flexibility index (Phi) is 2.11. The number of alkyl halides is 3. The zero-order chi connectivity index (χ0) is 7.71. The summed E-state index contributed by atoms with van der Waals surface area (Å²) in [6, 6.07) is 0. The lowest BCUT2D eigenvalue weighted by molar-refractivity contribution is -0.111. The summed E-state index contributed by atoms with van der Waals surface area (Å²) in [6.45, 7) is 0.663. The van der Waals surface area contributed by atoms with E-state index in [1.54, 1.807) is 0 Å². The molecule has 0 aromatic carbocycles. The van der Waals surface area contributed by atoms with E-state index in [-0.39, 0.29) is 0 Å². The number of rotatable bonds is 2. The molecule has 0 saturated carbocycles. The van der Waals surface area contributed by atoms with E-state index in [9.17, 15) is 13.2 Å². The zero-order valence-electron chi connectivity index (χ0n) is 5.42. The molecule has 4 heteroatoms. The Morgan fingerprint density at radius 2 is 1.56 bits per heavy atom. The quantitative estimate of drug-likeness (QED) is 0.616. The number of halogens is 3. The molecule has 0 atom stereocenters. The molecule has 2 N–H and O–H groups in total.